The molecule has 1 aromatic carbocycles. The van der Waals surface area contributed by atoms with Gasteiger partial charge < -0.3 is 9.30 Å². The molecule has 0 fully saturated rings. The van der Waals surface area contributed by atoms with E-state index in [9.17, 15) is 4.79 Å². The third-order valence-electron chi connectivity index (χ3n) is 2.43. The van der Waals surface area contributed by atoms with E-state index in [4.69, 9.17) is 4.74 Å². The summed E-state index contributed by atoms with van der Waals surface area (Å²) in [7, 11) is 1.83. The van der Waals surface area contributed by atoms with Crippen molar-refractivity contribution in [2.75, 3.05) is 0 Å². The molecular weight excluding hydrogens is 228 g/mol. The molecule has 18 heavy (non-hydrogen) atoms. The molecule has 0 saturated carbocycles. The van der Waals surface area contributed by atoms with Crippen LogP contribution in [0.3, 0.4) is 0 Å². The van der Waals surface area contributed by atoms with Crippen LogP contribution in [0.2, 0.25) is 0 Å². The predicted octanol–water partition coefficient (Wildman–Crippen LogP) is 2.44. The molecule has 0 N–H and O–H groups in total. The number of carbonyl (C=O) groups is 1. The molecule has 0 unspecified atom stereocenters. The van der Waals surface area contributed by atoms with Crippen molar-refractivity contribution in [1.29, 1.82) is 0 Å². The zero-order valence-electron chi connectivity index (χ0n) is 10.8. The van der Waals surface area contributed by atoms with Gasteiger partial charge in [0.25, 0.3) is 0 Å². The standard InChI is InChI=1S/C14H16N2O2/c1-10(2)18-13-7-5-4-6-11(13)14(17)12-8-16(3)9-15-12/h4-10H,1-3H3. The first-order valence-electron chi connectivity index (χ1n) is 5.86. The fraction of sp³-hybridized carbons (Fsp3) is 0.286. The monoisotopic (exact) mass is 244 g/mol. The molecule has 4 nitrogen and oxygen atoms in total. The van der Waals surface area contributed by atoms with Crippen LogP contribution in [0.15, 0.2) is 36.8 Å². The Hall–Kier alpha value is -2.10. The molecule has 2 aromatic rings. The summed E-state index contributed by atoms with van der Waals surface area (Å²) in [4.78, 5) is 16.4. The van der Waals surface area contributed by atoms with E-state index in [-0.39, 0.29) is 11.9 Å². The maximum atomic E-state index is 12.3. The molecular formula is C14H16N2O2. The Morgan fingerprint density at radius 3 is 2.67 bits per heavy atom. The van der Waals surface area contributed by atoms with Crippen molar-refractivity contribution < 1.29 is 9.53 Å². The summed E-state index contributed by atoms with van der Waals surface area (Å²) in [5, 5.41) is 0. The lowest BCUT2D eigenvalue weighted by molar-refractivity contribution is 0.102. The number of para-hydroxylation sites is 1. The first-order chi connectivity index (χ1) is 8.58. The minimum atomic E-state index is -0.119. The number of benzene rings is 1. The van der Waals surface area contributed by atoms with Crippen molar-refractivity contribution >= 4 is 5.78 Å². The lowest BCUT2D eigenvalue weighted by Gasteiger charge is -2.12. The first-order valence-corrected chi connectivity index (χ1v) is 5.86. The first kappa shape index (κ1) is 12.4. The molecule has 0 aliphatic carbocycles. The minimum Gasteiger partial charge on any atom is -0.490 e. The van der Waals surface area contributed by atoms with Crippen molar-refractivity contribution in [3.63, 3.8) is 0 Å². The summed E-state index contributed by atoms with van der Waals surface area (Å²) >= 11 is 0. The number of nitrogens with zero attached hydrogens (tertiary/aromatic N) is 2. The second-order valence-corrected chi connectivity index (χ2v) is 4.42. The highest BCUT2D eigenvalue weighted by molar-refractivity contribution is 6.09. The van der Waals surface area contributed by atoms with E-state index in [1.165, 1.54) is 0 Å². The maximum absolute atomic E-state index is 12.3. The van der Waals surface area contributed by atoms with Crippen LogP contribution in [-0.2, 0) is 7.05 Å². The van der Waals surface area contributed by atoms with Crippen LogP contribution < -0.4 is 4.74 Å². The van der Waals surface area contributed by atoms with E-state index in [1.807, 2.05) is 33.0 Å². The van der Waals surface area contributed by atoms with Gasteiger partial charge in [-0.05, 0) is 26.0 Å². The molecule has 0 aliphatic rings. The number of aromatic nitrogens is 2. The normalized spacial score (nSPS) is 10.7. The van der Waals surface area contributed by atoms with E-state index in [1.54, 1.807) is 29.2 Å². The number of hydrogen-bond acceptors (Lipinski definition) is 3. The summed E-state index contributed by atoms with van der Waals surface area (Å²) in [6.07, 6.45) is 3.34. The van der Waals surface area contributed by atoms with Gasteiger partial charge >= 0.3 is 0 Å². The van der Waals surface area contributed by atoms with Crippen LogP contribution in [0.1, 0.15) is 29.9 Å². The smallest absolute Gasteiger partial charge is 0.216 e. The maximum Gasteiger partial charge on any atom is 0.216 e. The van der Waals surface area contributed by atoms with Gasteiger partial charge in [-0.15, -0.1) is 0 Å². The third-order valence-corrected chi connectivity index (χ3v) is 2.43. The van der Waals surface area contributed by atoms with Gasteiger partial charge in [0.05, 0.1) is 18.0 Å². The highest BCUT2D eigenvalue weighted by Crippen LogP contribution is 2.21. The highest BCUT2D eigenvalue weighted by Gasteiger charge is 2.16. The molecule has 0 aliphatic heterocycles. The molecule has 0 saturated heterocycles. The van der Waals surface area contributed by atoms with Crippen molar-refractivity contribution in [1.82, 2.24) is 9.55 Å². The average Bonchev–Trinajstić information content (AvgIpc) is 2.75. The SMILES string of the molecule is CC(C)Oc1ccccc1C(=O)c1cn(C)cn1. The number of ketones is 1. The van der Waals surface area contributed by atoms with E-state index >= 15 is 0 Å². The summed E-state index contributed by atoms with van der Waals surface area (Å²) < 4.78 is 7.39. The minimum absolute atomic E-state index is 0.0303. The Balaban J connectivity index is 2.35. The summed E-state index contributed by atoms with van der Waals surface area (Å²) in [6, 6.07) is 7.24. The van der Waals surface area contributed by atoms with Gasteiger partial charge in [-0.1, -0.05) is 12.1 Å². The predicted molar refractivity (Wildman–Crippen MR) is 68.8 cm³/mol. The molecule has 94 valence electrons. The van der Waals surface area contributed by atoms with Crippen LogP contribution in [-0.4, -0.2) is 21.4 Å². The van der Waals surface area contributed by atoms with E-state index in [0.29, 0.717) is 17.0 Å². The Morgan fingerprint density at radius 2 is 2.06 bits per heavy atom. The highest BCUT2D eigenvalue weighted by atomic mass is 16.5. The quantitative estimate of drug-likeness (QED) is 0.776. The van der Waals surface area contributed by atoms with Gasteiger partial charge in [-0.2, -0.15) is 0 Å². The topological polar surface area (TPSA) is 44.1 Å². The summed E-state index contributed by atoms with van der Waals surface area (Å²) in [6.45, 7) is 3.87. The number of hydrogen-bond donors (Lipinski definition) is 0. The fourth-order valence-corrected chi connectivity index (χ4v) is 1.68. The largest absolute Gasteiger partial charge is 0.490 e. The van der Waals surface area contributed by atoms with Gasteiger partial charge in [0.1, 0.15) is 11.4 Å². The number of ether oxygens (including phenoxy) is 1. The third kappa shape index (κ3) is 2.59. The van der Waals surface area contributed by atoms with Crippen LogP contribution in [0.4, 0.5) is 0 Å². The lowest BCUT2D eigenvalue weighted by Crippen LogP contribution is -2.10. The fourth-order valence-electron chi connectivity index (χ4n) is 1.68. The zero-order chi connectivity index (χ0) is 13.1. The summed E-state index contributed by atoms with van der Waals surface area (Å²) in [5.41, 5.74) is 0.974. The molecule has 0 radical (unpaired) electrons. The van der Waals surface area contributed by atoms with Crippen LogP contribution in [0, 0.1) is 0 Å². The summed E-state index contributed by atoms with van der Waals surface area (Å²) in [5.74, 6) is 0.481. The van der Waals surface area contributed by atoms with Crippen molar-refractivity contribution in [3.05, 3.63) is 48.0 Å². The van der Waals surface area contributed by atoms with E-state index in [2.05, 4.69) is 4.98 Å². The second kappa shape index (κ2) is 5.04. The molecule has 0 spiro atoms. The van der Waals surface area contributed by atoms with Crippen molar-refractivity contribution in [2.24, 2.45) is 7.05 Å². The van der Waals surface area contributed by atoms with Gasteiger partial charge in [0.15, 0.2) is 0 Å². The number of imidazole rings is 1. The van der Waals surface area contributed by atoms with Gasteiger partial charge in [0.2, 0.25) is 5.78 Å². The number of rotatable bonds is 4. The van der Waals surface area contributed by atoms with Crippen LogP contribution in [0.5, 0.6) is 5.75 Å². The van der Waals surface area contributed by atoms with Gasteiger partial charge in [-0.25, -0.2) is 4.98 Å². The van der Waals surface area contributed by atoms with E-state index < -0.39 is 0 Å². The number of carbonyl (C=O) groups excluding carboxylic acids is 1. The van der Waals surface area contributed by atoms with Gasteiger partial charge in [0, 0.05) is 13.2 Å². The Labute approximate surface area is 106 Å². The average molecular weight is 244 g/mol. The second-order valence-electron chi connectivity index (χ2n) is 4.42. The number of aryl methyl sites for hydroxylation is 1. The zero-order valence-corrected chi connectivity index (χ0v) is 10.8. The van der Waals surface area contributed by atoms with Crippen LogP contribution >= 0.6 is 0 Å². The molecule has 4 heteroatoms. The molecule has 0 bridgehead atoms. The molecule has 0 atom stereocenters. The van der Waals surface area contributed by atoms with Gasteiger partial charge in [-0.3, -0.25) is 4.79 Å². The van der Waals surface area contributed by atoms with Crippen molar-refractivity contribution in [3.8, 4) is 5.75 Å². The molecule has 1 aromatic heterocycles. The Morgan fingerprint density at radius 1 is 1.33 bits per heavy atom. The molecule has 2 rings (SSSR count). The molecule has 0 amide bonds. The lowest BCUT2D eigenvalue weighted by atomic mass is 10.1. The van der Waals surface area contributed by atoms with Crippen molar-refractivity contribution in [2.45, 2.75) is 20.0 Å². The molecule has 1 heterocycles. The van der Waals surface area contributed by atoms with E-state index in [0.717, 1.165) is 0 Å². The van der Waals surface area contributed by atoms with Crippen LogP contribution in [0.25, 0.3) is 0 Å². The Bertz CT molecular complexity index is 558. The Kier molecular flexibility index (Phi) is 3.46.